The van der Waals surface area contributed by atoms with Gasteiger partial charge in [0.2, 0.25) is 0 Å². The zero-order valence-corrected chi connectivity index (χ0v) is 18.9. The number of halogens is 1. The second-order valence-electron chi connectivity index (χ2n) is 6.76. The summed E-state index contributed by atoms with van der Waals surface area (Å²) in [6.07, 6.45) is 0. The van der Waals surface area contributed by atoms with E-state index in [0.717, 1.165) is 10.6 Å². The molecule has 0 fully saturated rings. The van der Waals surface area contributed by atoms with Crippen LogP contribution >= 0.6 is 22.9 Å². The molecule has 0 radical (unpaired) electrons. The highest BCUT2D eigenvalue weighted by molar-refractivity contribution is 7.18. The third-order valence-corrected chi connectivity index (χ3v) is 5.59. The molecule has 0 spiro atoms. The second-order valence-corrected chi connectivity index (χ2v) is 8.25. The first-order valence-corrected chi connectivity index (χ1v) is 11.0. The van der Waals surface area contributed by atoms with Gasteiger partial charge in [0.15, 0.2) is 0 Å². The number of carbonyl (C=O) groups excluding carboxylic acids is 1. The third-order valence-electron chi connectivity index (χ3n) is 4.28. The van der Waals surface area contributed by atoms with Gasteiger partial charge in [-0.1, -0.05) is 23.7 Å². The molecule has 164 valence electrons. The Labute approximate surface area is 190 Å². The molecule has 0 unspecified atom stereocenters. The standard InChI is InChI=1S/C21H25ClN6O2S/c1-13-4-3-5-15(22)20(13)28-21(30)16-6-7-19(31-16)27-18-12-17(25-14(2)26-18)24-9-8-23-10-11-29/h3-7,12,23,29H,8-11H2,1-2H3,(H,28,30)(H2,24,25,26,27). The number of hydrogen-bond acceptors (Lipinski definition) is 8. The number of nitrogens with zero attached hydrogens (tertiary/aromatic N) is 2. The molecule has 0 atom stereocenters. The number of carbonyl (C=O) groups is 1. The van der Waals surface area contributed by atoms with Crippen LogP contribution in [0.25, 0.3) is 0 Å². The van der Waals surface area contributed by atoms with Crippen molar-refractivity contribution in [3.8, 4) is 0 Å². The first kappa shape index (κ1) is 23.0. The number of hydrogen-bond donors (Lipinski definition) is 5. The first-order valence-electron chi connectivity index (χ1n) is 9.80. The SMILES string of the molecule is Cc1nc(NCCNCCO)cc(Nc2ccc(C(=O)Nc3c(C)cccc3Cl)s2)n1. The van der Waals surface area contributed by atoms with Crippen molar-refractivity contribution in [3.63, 3.8) is 0 Å². The van der Waals surface area contributed by atoms with Crippen LogP contribution in [0.15, 0.2) is 36.4 Å². The van der Waals surface area contributed by atoms with Gasteiger partial charge in [-0.3, -0.25) is 4.79 Å². The van der Waals surface area contributed by atoms with Crippen molar-refractivity contribution < 1.29 is 9.90 Å². The van der Waals surface area contributed by atoms with E-state index in [4.69, 9.17) is 16.7 Å². The van der Waals surface area contributed by atoms with E-state index >= 15 is 0 Å². The van der Waals surface area contributed by atoms with Crippen molar-refractivity contribution in [1.82, 2.24) is 15.3 Å². The molecule has 0 saturated heterocycles. The molecule has 3 rings (SSSR count). The number of aromatic nitrogens is 2. The van der Waals surface area contributed by atoms with E-state index in [2.05, 4.69) is 31.2 Å². The zero-order valence-electron chi connectivity index (χ0n) is 17.3. The van der Waals surface area contributed by atoms with Crippen LogP contribution in [0, 0.1) is 13.8 Å². The Kier molecular flexibility index (Phi) is 8.19. The smallest absolute Gasteiger partial charge is 0.265 e. The van der Waals surface area contributed by atoms with Crippen molar-refractivity contribution in [3.05, 3.63) is 57.7 Å². The van der Waals surface area contributed by atoms with Crippen LogP contribution in [0.1, 0.15) is 21.1 Å². The number of aryl methyl sites for hydroxylation is 2. The second kappa shape index (κ2) is 11.1. The largest absolute Gasteiger partial charge is 0.395 e. The molecule has 3 aromatic rings. The average molecular weight is 461 g/mol. The van der Waals surface area contributed by atoms with E-state index in [1.807, 2.05) is 38.1 Å². The lowest BCUT2D eigenvalue weighted by Crippen LogP contribution is -2.25. The molecule has 2 heterocycles. The lowest BCUT2D eigenvalue weighted by Gasteiger charge is -2.10. The molecular formula is C21H25ClN6O2S. The maximum atomic E-state index is 12.6. The highest BCUT2D eigenvalue weighted by Crippen LogP contribution is 2.29. The minimum absolute atomic E-state index is 0.111. The van der Waals surface area contributed by atoms with Crippen LogP contribution < -0.4 is 21.3 Å². The number of aliphatic hydroxyl groups excluding tert-OH is 1. The van der Waals surface area contributed by atoms with Gasteiger partial charge in [0.05, 0.1) is 27.2 Å². The predicted molar refractivity (Wildman–Crippen MR) is 127 cm³/mol. The molecule has 0 aliphatic rings. The van der Waals surface area contributed by atoms with Gasteiger partial charge in [0.1, 0.15) is 17.5 Å². The maximum absolute atomic E-state index is 12.6. The molecule has 1 amide bonds. The summed E-state index contributed by atoms with van der Waals surface area (Å²) < 4.78 is 0. The number of amides is 1. The maximum Gasteiger partial charge on any atom is 0.265 e. The molecule has 5 N–H and O–H groups in total. The Morgan fingerprint density at radius 1 is 1.10 bits per heavy atom. The highest BCUT2D eigenvalue weighted by Gasteiger charge is 2.13. The van der Waals surface area contributed by atoms with Crippen LogP contribution in [0.4, 0.5) is 22.3 Å². The van der Waals surface area contributed by atoms with Crippen LogP contribution in [-0.2, 0) is 0 Å². The van der Waals surface area contributed by atoms with E-state index in [1.165, 1.54) is 11.3 Å². The minimum Gasteiger partial charge on any atom is -0.395 e. The molecule has 0 aliphatic carbocycles. The molecule has 0 aliphatic heterocycles. The molecule has 0 saturated carbocycles. The molecule has 8 nitrogen and oxygen atoms in total. The van der Waals surface area contributed by atoms with E-state index in [0.29, 0.717) is 52.7 Å². The summed E-state index contributed by atoms with van der Waals surface area (Å²) in [5.74, 6) is 1.74. The monoisotopic (exact) mass is 460 g/mol. The minimum atomic E-state index is -0.217. The van der Waals surface area contributed by atoms with Gasteiger partial charge in [0.25, 0.3) is 5.91 Å². The van der Waals surface area contributed by atoms with Crippen molar-refractivity contribution in [1.29, 1.82) is 0 Å². The Morgan fingerprint density at radius 3 is 2.68 bits per heavy atom. The van der Waals surface area contributed by atoms with Gasteiger partial charge in [0, 0.05) is 25.7 Å². The van der Waals surface area contributed by atoms with Gasteiger partial charge in [-0.05, 0) is 37.6 Å². The van der Waals surface area contributed by atoms with Crippen molar-refractivity contribution in [2.45, 2.75) is 13.8 Å². The van der Waals surface area contributed by atoms with Crippen molar-refractivity contribution in [2.75, 3.05) is 42.2 Å². The summed E-state index contributed by atoms with van der Waals surface area (Å²) >= 11 is 7.53. The Bertz CT molecular complexity index is 1020. The summed E-state index contributed by atoms with van der Waals surface area (Å²) in [6.45, 7) is 5.76. The number of para-hydroxylation sites is 1. The highest BCUT2D eigenvalue weighted by atomic mass is 35.5. The number of rotatable bonds is 10. The molecule has 2 aromatic heterocycles. The number of nitrogens with one attached hydrogen (secondary N) is 4. The molecule has 10 heteroatoms. The Hall–Kier alpha value is -2.72. The zero-order chi connectivity index (χ0) is 22.2. The fraction of sp³-hybridized carbons (Fsp3) is 0.286. The fourth-order valence-electron chi connectivity index (χ4n) is 2.82. The van der Waals surface area contributed by atoms with E-state index < -0.39 is 0 Å². The quantitative estimate of drug-likeness (QED) is 0.292. The van der Waals surface area contributed by atoms with Crippen LogP contribution in [0.3, 0.4) is 0 Å². The number of anilines is 4. The third kappa shape index (κ3) is 6.63. The Morgan fingerprint density at radius 2 is 1.90 bits per heavy atom. The number of aliphatic hydroxyl groups is 1. The summed E-state index contributed by atoms with van der Waals surface area (Å²) in [5.41, 5.74) is 1.52. The van der Waals surface area contributed by atoms with Gasteiger partial charge >= 0.3 is 0 Å². The lowest BCUT2D eigenvalue weighted by atomic mass is 10.2. The Balaban J connectivity index is 1.63. The topological polar surface area (TPSA) is 111 Å². The van der Waals surface area contributed by atoms with E-state index in [9.17, 15) is 4.79 Å². The average Bonchev–Trinajstić information content (AvgIpc) is 3.19. The van der Waals surface area contributed by atoms with Crippen molar-refractivity contribution >= 4 is 51.2 Å². The lowest BCUT2D eigenvalue weighted by molar-refractivity contribution is 0.103. The summed E-state index contributed by atoms with van der Waals surface area (Å²) in [7, 11) is 0. The van der Waals surface area contributed by atoms with Gasteiger partial charge in [-0.25, -0.2) is 9.97 Å². The normalized spacial score (nSPS) is 10.7. The fourth-order valence-corrected chi connectivity index (χ4v) is 3.90. The van der Waals surface area contributed by atoms with Gasteiger partial charge in [-0.2, -0.15) is 0 Å². The number of thiophene rings is 1. The molecule has 1 aromatic carbocycles. The van der Waals surface area contributed by atoms with E-state index in [-0.39, 0.29) is 12.5 Å². The summed E-state index contributed by atoms with van der Waals surface area (Å²) in [4.78, 5) is 22.0. The van der Waals surface area contributed by atoms with Crippen LogP contribution in [0.2, 0.25) is 5.02 Å². The summed E-state index contributed by atoms with van der Waals surface area (Å²) in [5, 5.41) is 22.5. The molecule has 0 bridgehead atoms. The van der Waals surface area contributed by atoms with Crippen LogP contribution in [-0.4, -0.2) is 47.2 Å². The van der Waals surface area contributed by atoms with Crippen molar-refractivity contribution in [2.24, 2.45) is 0 Å². The first-order chi connectivity index (χ1) is 15.0. The summed E-state index contributed by atoms with van der Waals surface area (Å²) in [6, 6.07) is 10.9. The van der Waals surface area contributed by atoms with Gasteiger partial charge in [-0.15, -0.1) is 11.3 Å². The number of benzene rings is 1. The molecular weight excluding hydrogens is 436 g/mol. The van der Waals surface area contributed by atoms with Gasteiger partial charge < -0.3 is 26.4 Å². The molecule has 31 heavy (non-hydrogen) atoms. The van der Waals surface area contributed by atoms with E-state index in [1.54, 1.807) is 12.1 Å². The predicted octanol–water partition coefficient (Wildman–Crippen LogP) is 3.80. The van der Waals surface area contributed by atoms with Crippen LogP contribution in [0.5, 0.6) is 0 Å².